The molecule has 0 unspecified atom stereocenters. The normalized spacial score (nSPS) is 13.9. The predicted octanol–water partition coefficient (Wildman–Crippen LogP) is 16.7. The van der Waals surface area contributed by atoms with E-state index in [2.05, 4.69) is 233 Å². The maximum Gasteiger partial charge on any atom is 0.139 e. The summed E-state index contributed by atoms with van der Waals surface area (Å²) in [5, 5.41) is 0. The van der Waals surface area contributed by atoms with Crippen LogP contribution in [0.15, 0.2) is 212 Å². The van der Waals surface area contributed by atoms with Gasteiger partial charge in [-0.2, -0.15) is 0 Å². The van der Waals surface area contributed by atoms with Crippen LogP contribution in [0.5, 0.6) is 23.0 Å². The average Bonchev–Trinajstić information content (AvgIpc) is 3.33. The molecule has 0 spiro atoms. The molecule has 0 fully saturated rings. The molecule has 9 aromatic carbocycles. The molecule has 63 heavy (non-hydrogen) atoms. The molecule has 2 heterocycles. The summed E-state index contributed by atoms with van der Waals surface area (Å²) in [5.41, 5.74) is 16.7. The number of benzene rings is 9. The van der Waals surface area contributed by atoms with Gasteiger partial charge in [0.1, 0.15) is 23.0 Å². The Labute approximate surface area is 370 Å². The van der Waals surface area contributed by atoms with E-state index < -0.39 is 0 Å². The SMILES string of the molecule is CC1(C)c2ccccc2Oc2c(-c3ccc(N(c4ccc(-c5cccc(-c6ccccc6)c5)cc4)c4ccc(-c5cccc6c5Oc5ccccc5C6(C)C)cc4)cc3)cccc21. The van der Waals surface area contributed by atoms with E-state index in [1.807, 2.05) is 12.1 Å². The molecule has 0 saturated heterocycles. The average molecular weight is 814 g/mol. The molecule has 304 valence electrons. The molecule has 11 rings (SSSR count). The van der Waals surface area contributed by atoms with Gasteiger partial charge in [0.15, 0.2) is 0 Å². The van der Waals surface area contributed by atoms with E-state index in [4.69, 9.17) is 9.47 Å². The van der Waals surface area contributed by atoms with Crippen molar-refractivity contribution >= 4 is 17.1 Å². The maximum atomic E-state index is 6.69. The van der Waals surface area contributed by atoms with Crippen molar-refractivity contribution in [3.05, 3.63) is 235 Å². The van der Waals surface area contributed by atoms with Gasteiger partial charge in [0.05, 0.1) is 0 Å². The van der Waals surface area contributed by atoms with Gasteiger partial charge in [-0.1, -0.05) is 185 Å². The summed E-state index contributed by atoms with van der Waals surface area (Å²) in [6.07, 6.45) is 0. The summed E-state index contributed by atoms with van der Waals surface area (Å²) in [4.78, 5) is 2.34. The third-order valence-corrected chi connectivity index (χ3v) is 13.2. The fourth-order valence-electron chi connectivity index (χ4n) is 9.73. The highest BCUT2D eigenvalue weighted by atomic mass is 16.5. The second-order valence-corrected chi connectivity index (χ2v) is 17.7. The zero-order valence-corrected chi connectivity index (χ0v) is 36.0. The van der Waals surface area contributed by atoms with Gasteiger partial charge < -0.3 is 14.4 Å². The summed E-state index contributed by atoms with van der Waals surface area (Å²) in [7, 11) is 0. The minimum absolute atomic E-state index is 0.190. The lowest BCUT2D eigenvalue weighted by molar-refractivity contribution is 0.419. The van der Waals surface area contributed by atoms with Gasteiger partial charge in [-0.25, -0.2) is 0 Å². The van der Waals surface area contributed by atoms with Gasteiger partial charge in [-0.15, -0.1) is 0 Å². The third kappa shape index (κ3) is 6.60. The quantitative estimate of drug-likeness (QED) is 0.160. The van der Waals surface area contributed by atoms with Crippen molar-refractivity contribution in [2.45, 2.75) is 38.5 Å². The second-order valence-electron chi connectivity index (χ2n) is 17.7. The minimum Gasteiger partial charge on any atom is -0.456 e. The van der Waals surface area contributed by atoms with Crippen LogP contribution in [0.25, 0.3) is 44.5 Å². The molecule has 0 bridgehead atoms. The molecule has 0 amide bonds. The molecule has 3 nitrogen and oxygen atoms in total. The molecule has 0 saturated carbocycles. The monoisotopic (exact) mass is 813 g/mol. The Morgan fingerprint density at radius 1 is 0.302 bits per heavy atom. The number of rotatable bonds is 7. The Kier molecular flexibility index (Phi) is 9.17. The summed E-state index contributed by atoms with van der Waals surface area (Å²) >= 11 is 0. The van der Waals surface area contributed by atoms with Crippen molar-refractivity contribution in [2.24, 2.45) is 0 Å². The standard InChI is InChI=1S/C60H47NO2/c1-59(2)51-21-8-10-25-55(51)62-57-49(19-13-23-53(57)59)42-29-35-47(36-30-42)61(46-33-27-41(28-34-46)45-18-12-17-44(39-45)40-15-6-5-7-16-40)48-37-31-43(32-38-48)50-20-14-24-54-58(50)63-56-26-11-9-22-52(56)60(54,3)4/h5-39H,1-4H3. The van der Waals surface area contributed by atoms with Gasteiger partial charge in [-0.3, -0.25) is 0 Å². The molecule has 3 heteroatoms. The molecule has 0 aliphatic carbocycles. The Balaban J connectivity index is 0.972. The van der Waals surface area contributed by atoms with Crippen molar-refractivity contribution in [1.29, 1.82) is 0 Å². The molecule has 2 aliphatic rings. The lowest BCUT2D eigenvalue weighted by Crippen LogP contribution is -2.24. The van der Waals surface area contributed by atoms with E-state index in [0.717, 1.165) is 62.3 Å². The fourth-order valence-corrected chi connectivity index (χ4v) is 9.73. The van der Waals surface area contributed by atoms with Gasteiger partial charge in [0.25, 0.3) is 0 Å². The number of anilines is 3. The van der Waals surface area contributed by atoms with E-state index in [9.17, 15) is 0 Å². The maximum absolute atomic E-state index is 6.69. The summed E-state index contributed by atoms with van der Waals surface area (Å²) in [6.45, 7) is 9.14. The third-order valence-electron chi connectivity index (χ3n) is 13.2. The second kappa shape index (κ2) is 15.1. The van der Waals surface area contributed by atoms with Crippen LogP contribution in [0, 0.1) is 0 Å². The van der Waals surface area contributed by atoms with Gasteiger partial charge >= 0.3 is 0 Å². The summed E-state index contributed by atoms with van der Waals surface area (Å²) < 4.78 is 13.4. The lowest BCUT2D eigenvalue weighted by Gasteiger charge is -2.35. The molecule has 0 radical (unpaired) electrons. The van der Waals surface area contributed by atoms with Crippen molar-refractivity contribution in [1.82, 2.24) is 0 Å². The Morgan fingerprint density at radius 3 is 1.11 bits per heavy atom. The molecular formula is C60H47NO2. The highest BCUT2D eigenvalue weighted by Crippen LogP contribution is 2.53. The molecule has 0 atom stereocenters. The predicted molar refractivity (Wildman–Crippen MR) is 260 cm³/mol. The van der Waals surface area contributed by atoms with Crippen molar-refractivity contribution in [3.63, 3.8) is 0 Å². The molecule has 0 N–H and O–H groups in total. The van der Waals surface area contributed by atoms with Crippen molar-refractivity contribution in [3.8, 4) is 67.5 Å². The van der Waals surface area contributed by atoms with Crippen LogP contribution in [-0.2, 0) is 10.8 Å². The molecule has 0 aromatic heterocycles. The highest BCUT2D eigenvalue weighted by molar-refractivity contribution is 5.84. The molecular weight excluding hydrogens is 767 g/mol. The minimum atomic E-state index is -0.190. The van der Waals surface area contributed by atoms with Crippen molar-refractivity contribution < 1.29 is 9.47 Å². The van der Waals surface area contributed by atoms with E-state index in [-0.39, 0.29) is 10.8 Å². The first-order valence-corrected chi connectivity index (χ1v) is 21.8. The Hall–Kier alpha value is -7.62. The van der Waals surface area contributed by atoms with Crippen LogP contribution in [0.4, 0.5) is 17.1 Å². The van der Waals surface area contributed by atoms with Crippen LogP contribution in [-0.4, -0.2) is 0 Å². The highest BCUT2D eigenvalue weighted by Gasteiger charge is 2.36. The number of hydrogen-bond donors (Lipinski definition) is 0. The smallest absolute Gasteiger partial charge is 0.139 e. The number of para-hydroxylation sites is 4. The molecule has 2 aliphatic heterocycles. The Morgan fingerprint density at radius 2 is 0.651 bits per heavy atom. The van der Waals surface area contributed by atoms with Gasteiger partial charge in [-0.05, 0) is 88.0 Å². The van der Waals surface area contributed by atoms with E-state index in [1.165, 1.54) is 44.5 Å². The van der Waals surface area contributed by atoms with E-state index >= 15 is 0 Å². The van der Waals surface area contributed by atoms with Crippen LogP contribution in [0.3, 0.4) is 0 Å². The summed E-state index contributed by atoms with van der Waals surface area (Å²) in [5.74, 6) is 3.68. The fraction of sp³-hybridized carbons (Fsp3) is 0.100. The van der Waals surface area contributed by atoms with Crippen LogP contribution in [0.1, 0.15) is 49.9 Å². The number of fused-ring (bicyclic) bond motifs is 4. The van der Waals surface area contributed by atoms with Crippen LogP contribution >= 0.6 is 0 Å². The number of ether oxygens (including phenoxy) is 2. The van der Waals surface area contributed by atoms with Crippen LogP contribution in [0.2, 0.25) is 0 Å². The van der Waals surface area contributed by atoms with Gasteiger partial charge in [0.2, 0.25) is 0 Å². The lowest BCUT2D eigenvalue weighted by atomic mass is 9.75. The van der Waals surface area contributed by atoms with E-state index in [0.29, 0.717) is 0 Å². The van der Waals surface area contributed by atoms with E-state index in [1.54, 1.807) is 0 Å². The number of hydrogen-bond acceptors (Lipinski definition) is 3. The van der Waals surface area contributed by atoms with Crippen LogP contribution < -0.4 is 14.4 Å². The largest absolute Gasteiger partial charge is 0.456 e. The first-order chi connectivity index (χ1) is 30.7. The first-order valence-electron chi connectivity index (χ1n) is 21.8. The topological polar surface area (TPSA) is 21.7 Å². The first kappa shape index (κ1) is 38.3. The summed E-state index contributed by atoms with van der Waals surface area (Å²) in [6, 6.07) is 75.9. The number of nitrogens with zero attached hydrogens (tertiary/aromatic N) is 1. The van der Waals surface area contributed by atoms with Gasteiger partial charge in [0, 0.05) is 61.3 Å². The Bertz CT molecular complexity index is 2990. The van der Waals surface area contributed by atoms with Crippen molar-refractivity contribution in [2.75, 3.05) is 4.90 Å². The molecule has 9 aromatic rings. The zero-order valence-electron chi connectivity index (χ0n) is 36.0. The zero-order chi connectivity index (χ0) is 42.7.